The summed E-state index contributed by atoms with van der Waals surface area (Å²) < 4.78 is 5.54. The molecule has 1 N–H and O–H groups in total. The van der Waals surface area contributed by atoms with Crippen LogP contribution < -0.4 is 10.1 Å². The summed E-state index contributed by atoms with van der Waals surface area (Å²) in [6.45, 7) is 2.78. The van der Waals surface area contributed by atoms with Gasteiger partial charge >= 0.3 is 6.01 Å². The second-order valence-corrected chi connectivity index (χ2v) is 4.56. The van der Waals surface area contributed by atoms with E-state index in [-0.39, 0.29) is 11.3 Å². The highest BCUT2D eigenvalue weighted by atomic mass is 35.5. The second kappa shape index (κ2) is 7.41. The fourth-order valence-corrected chi connectivity index (χ4v) is 1.72. The standard InChI is InChI=1S/C14H14ClN5O/c1-2-9-17-13-18-12(15)19-14(20-13)21-11-5-3-10(4-6-11)7-8-16/h3-6H,2,7,9H2,1H3,(H,17,18,19,20). The number of rotatable bonds is 6. The van der Waals surface area contributed by atoms with E-state index >= 15 is 0 Å². The SMILES string of the molecule is CCCNc1nc(Cl)nc(Oc2ccc(CC#N)cc2)n1. The molecule has 0 fully saturated rings. The fourth-order valence-electron chi connectivity index (χ4n) is 1.57. The summed E-state index contributed by atoms with van der Waals surface area (Å²) in [4.78, 5) is 12.0. The molecular formula is C14H14ClN5O. The lowest BCUT2D eigenvalue weighted by molar-refractivity contribution is 0.440. The maximum atomic E-state index is 8.63. The average molecular weight is 304 g/mol. The Morgan fingerprint density at radius 2 is 2.00 bits per heavy atom. The van der Waals surface area contributed by atoms with Crippen LogP contribution in [0.4, 0.5) is 5.95 Å². The molecule has 1 aromatic heterocycles. The summed E-state index contributed by atoms with van der Waals surface area (Å²) in [5, 5.41) is 11.7. The molecule has 0 aliphatic rings. The van der Waals surface area contributed by atoms with Crippen LogP contribution in [0.2, 0.25) is 5.28 Å². The van der Waals surface area contributed by atoms with Gasteiger partial charge in [-0.05, 0) is 35.7 Å². The molecule has 0 radical (unpaired) electrons. The lowest BCUT2D eigenvalue weighted by Crippen LogP contribution is -2.06. The Kier molecular flexibility index (Phi) is 5.29. The predicted octanol–water partition coefficient (Wildman–Crippen LogP) is 3.21. The van der Waals surface area contributed by atoms with Crippen LogP contribution in [-0.2, 0) is 6.42 Å². The summed E-state index contributed by atoms with van der Waals surface area (Å²) in [7, 11) is 0. The second-order valence-electron chi connectivity index (χ2n) is 4.22. The van der Waals surface area contributed by atoms with Crippen molar-refractivity contribution in [2.75, 3.05) is 11.9 Å². The first-order chi connectivity index (χ1) is 10.2. The van der Waals surface area contributed by atoms with E-state index in [0.29, 0.717) is 18.1 Å². The van der Waals surface area contributed by atoms with E-state index in [1.165, 1.54) is 0 Å². The molecule has 1 heterocycles. The van der Waals surface area contributed by atoms with E-state index in [4.69, 9.17) is 21.6 Å². The molecule has 0 spiro atoms. The van der Waals surface area contributed by atoms with Crippen LogP contribution in [0.5, 0.6) is 11.8 Å². The minimum atomic E-state index is 0.0692. The third-order valence-electron chi connectivity index (χ3n) is 2.54. The zero-order valence-electron chi connectivity index (χ0n) is 11.5. The normalized spacial score (nSPS) is 9.95. The van der Waals surface area contributed by atoms with Crippen LogP contribution in [-0.4, -0.2) is 21.5 Å². The lowest BCUT2D eigenvalue weighted by Gasteiger charge is -2.07. The highest BCUT2D eigenvalue weighted by molar-refractivity contribution is 6.28. The van der Waals surface area contributed by atoms with Crippen molar-refractivity contribution in [3.8, 4) is 17.8 Å². The van der Waals surface area contributed by atoms with Gasteiger partial charge in [-0.15, -0.1) is 0 Å². The van der Waals surface area contributed by atoms with E-state index in [1.54, 1.807) is 12.1 Å². The molecule has 0 atom stereocenters. The highest BCUT2D eigenvalue weighted by Gasteiger charge is 2.07. The molecule has 2 rings (SSSR count). The van der Waals surface area contributed by atoms with Crippen LogP contribution in [0.1, 0.15) is 18.9 Å². The zero-order valence-corrected chi connectivity index (χ0v) is 12.3. The summed E-state index contributed by atoms with van der Waals surface area (Å²) >= 11 is 5.84. The first-order valence-electron chi connectivity index (χ1n) is 6.50. The van der Waals surface area contributed by atoms with Gasteiger partial charge in [-0.25, -0.2) is 0 Å². The minimum Gasteiger partial charge on any atom is -0.424 e. The Morgan fingerprint density at radius 1 is 1.24 bits per heavy atom. The van der Waals surface area contributed by atoms with Crippen molar-refractivity contribution >= 4 is 17.5 Å². The summed E-state index contributed by atoms with van der Waals surface area (Å²) in [6, 6.07) is 9.36. The van der Waals surface area contributed by atoms with Crippen molar-refractivity contribution in [1.29, 1.82) is 5.26 Å². The Labute approximate surface area is 127 Å². The number of nitrogens with one attached hydrogen (secondary N) is 1. The van der Waals surface area contributed by atoms with E-state index in [0.717, 1.165) is 18.5 Å². The van der Waals surface area contributed by atoms with E-state index in [2.05, 4.69) is 26.3 Å². The average Bonchev–Trinajstić information content (AvgIpc) is 2.47. The number of benzene rings is 1. The number of nitrogens with zero attached hydrogens (tertiary/aromatic N) is 4. The van der Waals surface area contributed by atoms with Gasteiger partial charge in [-0.2, -0.15) is 20.2 Å². The summed E-state index contributed by atoms with van der Waals surface area (Å²) in [5.41, 5.74) is 0.920. The molecule has 0 unspecified atom stereocenters. The van der Waals surface area contributed by atoms with E-state index in [9.17, 15) is 0 Å². The lowest BCUT2D eigenvalue weighted by atomic mass is 10.2. The number of anilines is 1. The van der Waals surface area contributed by atoms with Gasteiger partial charge in [0.25, 0.3) is 0 Å². The Hall–Kier alpha value is -2.39. The highest BCUT2D eigenvalue weighted by Crippen LogP contribution is 2.20. The smallest absolute Gasteiger partial charge is 0.328 e. The molecule has 21 heavy (non-hydrogen) atoms. The van der Waals surface area contributed by atoms with Crippen molar-refractivity contribution < 1.29 is 4.74 Å². The molecule has 0 saturated heterocycles. The van der Waals surface area contributed by atoms with Gasteiger partial charge < -0.3 is 10.1 Å². The van der Waals surface area contributed by atoms with Crippen molar-refractivity contribution in [1.82, 2.24) is 15.0 Å². The van der Waals surface area contributed by atoms with Gasteiger partial charge in [0, 0.05) is 6.54 Å². The van der Waals surface area contributed by atoms with Crippen molar-refractivity contribution in [3.05, 3.63) is 35.1 Å². The molecule has 0 saturated carbocycles. The van der Waals surface area contributed by atoms with Gasteiger partial charge in [-0.3, -0.25) is 0 Å². The fraction of sp³-hybridized carbons (Fsp3) is 0.286. The van der Waals surface area contributed by atoms with Crippen LogP contribution >= 0.6 is 11.6 Å². The predicted molar refractivity (Wildman–Crippen MR) is 79.5 cm³/mol. The van der Waals surface area contributed by atoms with Crippen molar-refractivity contribution in [2.24, 2.45) is 0 Å². The molecule has 0 aliphatic carbocycles. The quantitative estimate of drug-likeness (QED) is 0.882. The first kappa shape index (κ1) is 15.0. The van der Waals surface area contributed by atoms with Crippen LogP contribution in [0.3, 0.4) is 0 Å². The monoisotopic (exact) mass is 303 g/mol. The summed E-state index contributed by atoms with van der Waals surface area (Å²) in [5.74, 6) is 0.952. The molecule has 7 heteroatoms. The molecule has 0 aliphatic heterocycles. The Morgan fingerprint density at radius 3 is 2.67 bits per heavy atom. The maximum Gasteiger partial charge on any atom is 0.328 e. The number of hydrogen-bond acceptors (Lipinski definition) is 6. The van der Waals surface area contributed by atoms with Gasteiger partial charge in [0.2, 0.25) is 11.2 Å². The number of halogens is 1. The van der Waals surface area contributed by atoms with Crippen molar-refractivity contribution in [2.45, 2.75) is 19.8 Å². The number of aromatic nitrogens is 3. The molecule has 2 aromatic rings. The van der Waals surface area contributed by atoms with Crippen LogP contribution in [0.25, 0.3) is 0 Å². The molecular weight excluding hydrogens is 290 g/mol. The van der Waals surface area contributed by atoms with Gasteiger partial charge in [0.1, 0.15) is 5.75 Å². The topological polar surface area (TPSA) is 83.7 Å². The summed E-state index contributed by atoms with van der Waals surface area (Å²) in [6.07, 6.45) is 1.31. The molecule has 108 valence electrons. The molecule has 0 bridgehead atoms. The number of nitriles is 1. The number of hydrogen-bond donors (Lipinski definition) is 1. The van der Waals surface area contributed by atoms with Crippen LogP contribution in [0.15, 0.2) is 24.3 Å². The van der Waals surface area contributed by atoms with Gasteiger partial charge in [-0.1, -0.05) is 19.1 Å². The largest absolute Gasteiger partial charge is 0.424 e. The van der Waals surface area contributed by atoms with Gasteiger partial charge in [0.15, 0.2) is 0 Å². The molecule has 0 amide bonds. The van der Waals surface area contributed by atoms with Crippen molar-refractivity contribution in [3.63, 3.8) is 0 Å². The number of ether oxygens (including phenoxy) is 1. The Balaban J connectivity index is 2.11. The third-order valence-corrected chi connectivity index (χ3v) is 2.71. The zero-order chi connectivity index (χ0) is 15.1. The molecule has 1 aromatic carbocycles. The minimum absolute atomic E-state index is 0.0692. The third kappa shape index (κ3) is 4.58. The maximum absolute atomic E-state index is 8.63. The van der Waals surface area contributed by atoms with Crippen LogP contribution in [0, 0.1) is 11.3 Å². The molecule has 6 nitrogen and oxygen atoms in total. The van der Waals surface area contributed by atoms with E-state index in [1.807, 2.05) is 19.1 Å². The van der Waals surface area contributed by atoms with E-state index < -0.39 is 0 Å². The first-order valence-corrected chi connectivity index (χ1v) is 6.88. The van der Waals surface area contributed by atoms with Gasteiger partial charge in [0.05, 0.1) is 12.5 Å². The Bertz CT molecular complexity index is 639.